The highest BCUT2D eigenvalue weighted by atomic mass is 79.9. The lowest BCUT2D eigenvalue weighted by Gasteiger charge is -2.33. The van der Waals surface area contributed by atoms with Gasteiger partial charge in [-0.2, -0.15) is 0 Å². The number of nitrogens with one attached hydrogen (secondary N) is 1. The van der Waals surface area contributed by atoms with E-state index in [0.717, 1.165) is 21.2 Å². The van der Waals surface area contributed by atoms with Gasteiger partial charge in [-0.15, -0.1) is 0 Å². The molecular formula is C28H30BrN3O4. The lowest BCUT2D eigenvalue weighted by Crippen LogP contribution is -2.51. The van der Waals surface area contributed by atoms with E-state index in [0.29, 0.717) is 25.2 Å². The first-order valence-electron chi connectivity index (χ1n) is 11.9. The minimum absolute atomic E-state index is 0.206. The number of nitrogens with zero attached hydrogens (tertiary/aromatic N) is 2. The molecule has 3 N–H and O–H groups in total. The molecule has 1 heterocycles. The largest absolute Gasteiger partial charge is 0.388 e. The minimum atomic E-state index is -1.64. The number of benzene rings is 3. The smallest absolute Gasteiger partial charge is 0.322 e. The van der Waals surface area contributed by atoms with E-state index >= 15 is 0 Å². The van der Waals surface area contributed by atoms with Crippen LogP contribution in [0.25, 0.3) is 0 Å². The molecule has 0 saturated heterocycles. The fourth-order valence-corrected chi connectivity index (χ4v) is 4.49. The fourth-order valence-electron chi connectivity index (χ4n) is 4.23. The summed E-state index contributed by atoms with van der Waals surface area (Å²) in [6.45, 7) is 2.82. The number of fused-ring (bicyclic) bond motifs is 1. The molecule has 188 valence electrons. The molecule has 3 aromatic rings. The zero-order valence-corrected chi connectivity index (χ0v) is 21.7. The second-order valence-electron chi connectivity index (χ2n) is 9.09. The molecule has 0 aromatic heterocycles. The standard InChI is InChI=1S/C28H30BrN3O4/c1-19-6-8-20(9-7-19)16-32(28(36)30-24-12-10-23(29)11-13-24)18-25(33)26(34)27(35)31-15-14-21-4-2-3-5-22(21)17-31/h2-13,25-26,33-34H,14-18H2,1H3,(H,30,36)/t25-,26+/m0/s1. The predicted octanol–water partition coefficient (Wildman–Crippen LogP) is 4.10. The highest BCUT2D eigenvalue weighted by Gasteiger charge is 2.32. The van der Waals surface area contributed by atoms with Crippen LogP contribution in [0, 0.1) is 6.92 Å². The highest BCUT2D eigenvalue weighted by molar-refractivity contribution is 9.10. The molecule has 0 spiro atoms. The monoisotopic (exact) mass is 551 g/mol. The number of amides is 3. The minimum Gasteiger partial charge on any atom is -0.388 e. The first kappa shape index (κ1) is 25.9. The van der Waals surface area contributed by atoms with Gasteiger partial charge in [0.1, 0.15) is 6.10 Å². The molecule has 1 aliphatic heterocycles. The van der Waals surface area contributed by atoms with Gasteiger partial charge in [0, 0.05) is 29.8 Å². The number of halogens is 1. The van der Waals surface area contributed by atoms with Crippen molar-refractivity contribution in [1.82, 2.24) is 9.80 Å². The zero-order valence-electron chi connectivity index (χ0n) is 20.1. The summed E-state index contributed by atoms with van der Waals surface area (Å²) in [6.07, 6.45) is -2.40. The zero-order chi connectivity index (χ0) is 25.7. The van der Waals surface area contributed by atoms with Gasteiger partial charge >= 0.3 is 6.03 Å². The van der Waals surface area contributed by atoms with Gasteiger partial charge < -0.3 is 25.3 Å². The lowest BCUT2D eigenvalue weighted by atomic mass is 9.99. The molecule has 0 unspecified atom stereocenters. The molecule has 0 fully saturated rings. The molecule has 0 radical (unpaired) electrons. The number of hydrogen-bond donors (Lipinski definition) is 3. The topological polar surface area (TPSA) is 93.1 Å². The van der Waals surface area contributed by atoms with Crippen LogP contribution in [0.2, 0.25) is 0 Å². The van der Waals surface area contributed by atoms with Crippen LogP contribution in [0.5, 0.6) is 0 Å². The van der Waals surface area contributed by atoms with E-state index in [1.54, 1.807) is 17.0 Å². The van der Waals surface area contributed by atoms with Gasteiger partial charge in [-0.25, -0.2) is 4.79 Å². The van der Waals surface area contributed by atoms with E-state index in [9.17, 15) is 19.8 Å². The molecule has 8 heteroatoms. The van der Waals surface area contributed by atoms with Crippen molar-refractivity contribution in [2.24, 2.45) is 0 Å². The molecule has 36 heavy (non-hydrogen) atoms. The maximum Gasteiger partial charge on any atom is 0.322 e. The van der Waals surface area contributed by atoms with Crippen LogP contribution in [0.1, 0.15) is 22.3 Å². The van der Waals surface area contributed by atoms with Gasteiger partial charge in [-0.05, 0) is 54.3 Å². The number of hydrogen-bond acceptors (Lipinski definition) is 4. The molecule has 1 aliphatic rings. The van der Waals surface area contributed by atoms with Gasteiger partial charge in [-0.1, -0.05) is 70.0 Å². The summed E-state index contributed by atoms with van der Waals surface area (Å²) in [5, 5.41) is 24.4. The number of anilines is 1. The van der Waals surface area contributed by atoms with E-state index < -0.39 is 24.1 Å². The number of rotatable bonds is 7. The number of aliphatic hydroxyl groups is 2. The lowest BCUT2D eigenvalue weighted by molar-refractivity contribution is -0.147. The predicted molar refractivity (Wildman–Crippen MR) is 142 cm³/mol. The Balaban J connectivity index is 1.45. The summed E-state index contributed by atoms with van der Waals surface area (Å²) in [4.78, 5) is 29.1. The molecule has 3 amide bonds. The Morgan fingerprint density at radius 3 is 2.36 bits per heavy atom. The van der Waals surface area contributed by atoms with E-state index in [4.69, 9.17) is 0 Å². The van der Waals surface area contributed by atoms with Gasteiger partial charge in [0.2, 0.25) is 0 Å². The van der Waals surface area contributed by atoms with E-state index in [-0.39, 0.29) is 13.1 Å². The summed E-state index contributed by atoms with van der Waals surface area (Å²) in [6, 6.07) is 22.3. The Bertz CT molecular complexity index is 1200. The Morgan fingerprint density at radius 2 is 1.67 bits per heavy atom. The molecule has 0 saturated carbocycles. The normalized spacial score (nSPS) is 14.5. The van der Waals surface area contributed by atoms with Crippen molar-refractivity contribution in [1.29, 1.82) is 0 Å². The Kier molecular flexibility index (Phi) is 8.40. The average molecular weight is 552 g/mol. The summed E-state index contributed by atoms with van der Waals surface area (Å²) >= 11 is 3.37. The third kappa shape index (κ3) is 6.51. The second-order valence-corrected chi connectivity index (χ2v) is 10.0. The number of urea groups is 1. The SMILES string of the molecule is Cc1ccc(CN(C[C@H](O)[C@@H](O)C(=O)N2CCc3ccccc3C2)C(=O)Nc2ccc(Br)cc2)cc1. The van der Waals surface area contributed by atoms with E-state index in [1.807, 2.05) is 67.6 Å². The highest BCUT2D eigenvalue weighted by Crippen LogP contribution is 2.20. The summed E-state index contributed by atoms with van der Waals surface area (Å²) in [5.74, 6) is -0.541. The molecule has 0 bridgehead atoms. The van der Waals surface area contributed by atoms with Gasteiger partial charge in [0.25, 0.3) is 5.91 Å². The van der Waals surface area contributed by atoms with Crippen LogP contribution in [0.4, 0.5) is 10.5 Å². The second kappa shape index (κ2) is 11.7. The van der Waals surface area contributed by atoms with Crippen LogP contribution < -0.4 is 5.32 Å². The molecule has 2 atom stereocenters. The molecule has 7 nitrogen and oxygen atoms in total. The quantitative estimate of drug-likeness (QED) is 0.412. The fraction of sp³-hybridized carbons (Fsp3) is 0.286. The van der Waals surface area contributed by atoms with Crippen molar-refractivity contribution in [2.45, 2.75) is 38.6 Å². The van der Waals surface area contributed by atoms with Crippen molar-refractivity contribution in [3.63, 3.8) is 0 Å². The van der Waals surface area contributed by atoms with Crippen molar-refractivity contribution in [3.8, 4) is 0 Å². The third-order valence-electron chi connectivity index (χ3n) is 6.34. The number of aliphatic hydroxyl groups excluding tert-OH is 2. The Morgan fingerprint density at radius 1 is 1.00 bits per heavy atom. The van der Waals surface area contributed by atoms with E-state index in [2.05, 4.69) is 21.2 Å². The first-order valence-corrected chi connectivity index (χ1v) is 12.7. The molecule has 0 aliphatic carbocycles. The summed E-state index contributed by atoms with van der Waals surface area (Å²) in [5.41, 5.74) is 4.77. The van der Waals surface area contributed by atoms with Crippen LogP contribution in [0.15, 0.2) is 77.3 Å². The maximum atomic E-state index is 13.2. The van der Waals surface area contributed by atoms with Gasteiger partial charge in [0.05, 0.1) is 6.54 Å². The average Bonchev–Trinajstić information content (AvgIpc) is 2.89. The van der Waals surface area contributed by atoms with Crippen molar-refractivity contribution >= 4 is 33.6 Å². The summed E-state index contributed by atoms with van der Waals surface area (Å²) in [7, 11) is 0. The first-order chi connectivity index (χ1) is 17.3. The van der Waals surface area contributed by atoms with Crippen molar-refractivity contribution < 1.29 is 19.8 Å². The van der Waals surface area contributed by atoms with E-state index in [1.165, 1.54) is 10.5 Å². The van der Waals surface area contributed by atoms with Gasteiger partial charge in [-0.3, -0.25) is 4.79 Å². The van der Waals surface area contributed by atoms with Crippen LogP contribution in [0.3, 0.4) is 0 Å². The molecular weight excluding hydrogens is 522 g/mol. The number of carbonyl (C=O) groups is 2. The molecule has 4 rings (SSSR count). The summed E-state index contributed by atoms with van der Waals surface area (Å²) < 4.78 is 0.884. The Hall–Kier alpha value is -3.20. The van der Waals surface area contributed by atoms with Crippen molar-refractivity contribution in [2.75, 3.05) is 18.4 Å². The van der Waals surface area contributed by atoms with Gasteiger partial charge in [0.15, 0.2) is 6.10 Å². The van der Waals surface area contributed by atoms with Crippen LogP contribution in [-0.4, -0.2) is 57.2 Å². The third-order valence-corrected chi connectivity index (χ3v) is 6.87. The number of carbonyl (C=O) groups excluding carboxylic acids is 2. The van der Waals surface area contributed by atoms with Crippen LogP contribution in [-0.2, 0) is 24.3 Å². The van der Waals surface area contributed by atoms with Crippen LogP contribution >= 0.6 is 15.9 Å². The Labute approximate surface area is 219 Å². The van der Waals surface area contributed by atoms with Crippen molar-refractivity contribution in [3.05, 3.63) is 99.5 Å². The maximum absolute atomic E-state index is 13.2. The number of aryl methyl sites for hydroxylation is 1. The molecule has 3 aromatic carbocycles.